The van der Waals surface area contributed by atoms with Gasteiger partial charge in [-0.2, -0.15) is 0 Å². The minimum Gasteiger partial charge on any atom is -1.00 e. The van der Waals surface area contributed by atoms with Crippen molar-refractivity contribution in [2.75, 3.05) is 0 Å². The maximum atomic E-state index is 4.60. The van der Waals surface area contributed by atoms with E-state index in [1.807, 2.05) is 0 Å². The van der Waals surface area contributed by atoms with Crippen molar-refractivity contribution < 1.29 is 2.85 Å². The van der Waals surface area contributed by atoms with Crippen LogP contribution in [-0.4, -0.2) is 23.1 Å². The van der Waals surface area contributed by atoms with Crippen LogP contribution < -0.4 is 0 Å². The van der Waals surface area contributed by atoms with Gasteiger partial charge in [0.2, 0.25) is 0 Å². The summed E-state index contributed by atoms with van der Waals surface area (Å²) in [6.07, 6.45) is 4.60. The van der Waals surface area contributed by atoms with Crippen molar-refractivity contribution in [1.29, 1.82) is 0 Å². The molecule has 0 atom stereocenters. The monoisotopic (exact) mass is 66.0 g/mol. The van der Waals surface area contributed by atoms with Crippen LogP contribution in [0.5, 0.6) is 0 Å². The standard InChI is InChI=1S/C3H4.Mg.2H/c1-3-2;;;/h1H,2H3;;;/q;+2;2*-1. The predicted molar refractivity (Wildman–Crippen MR) is 22.5 cm³/mol. The Bertz CT molecular complexity index is 30.3. The molecule has 0 aromatic rings. The molecule has 0 aliphatic heterocycles. The minimum atomic E-state index is 0. The molecule has 0 N–H and O–H groups in total. The number of hydrogen-bond acceptors (Lipinski definition) is 0. The first-order valence-corrected chi connectivity index (χ1v) is 0.789. The molecule has 0 aromatic heterocycles. The third kappa shape index (κ3) is 38.4. The van der Waals surface area contributed by atoms with E-state index in [0.717, 1.165) is 0 Å². The molecule has 0 aliphatic rings. The summed E-state index contributed by atoms with van der Waals surface area (Å²) in [5, 5.41) is 0. The smallest absolute Gasteiger partial charge is 1.00 e. The van der Waals surface area contributed by atoms with Gasteiger partial charge in [-0.1, -0.05) is 0 Å². The summed E-state index contributed by atoms with van der Waals surface area (Å²) in [4.78, 5) is 0. The molecule has 0 saturated carbocycles. The van der Waals surface area contributed by atoms with Crippen molar-refractivity contribution in [3.8, 4) is 12.3 Å². The molecular weight excluding hydrogens is 60.3 g/mol. The van der Waals surface area contributed by atoms with Crippen LogP contribution in [0.1, 0.15) is 9.78 Å². The zero-order chi connectivity index (χ0) is 2.71. The molecular formula is C3H6Mg. The topological polar surface area (TPSA) is 0 Å². The van der Waals surface area contributed by atoms with Gasteiger partial charge in [-0.25, -0.2) is 0 Å². The van der Waals surface area contributed by atoms with E-state index in [1.54, 1.807) is 6.92 Å². The summed E-state index contributed by atoms with van der Waals surface area (Å²) in [5.74, 6) is 2.25. The van der Waals surface area contributed by atoms with E-state index in [0.29, 0.717) is 0 Å². The fourth-order valence-electron chi connectivity index (χ4n) is 0. The summed E-state index contributed by atoms with van der Waals surface area (Å²) >= 11 is 0. The van der Waals surface area contributed by atoms with Crippen LogP contribution in [0.25, 0.3) is 0 Å². The Labute approximate surface area is 45.7 Å². The quantitative estimate of drug-likeness (QED) is 0.285. The summed E-state index contributed by atoms with van der Waals surface area (Å²) in [7, 11) is 0. The SMILES string of the molecule is C#CC.[H-].[H-].[Mg+2]. The second-order valence-corrected chi connectivity index (χ2v) is 0.289. The van der Waals surface area contributed by atoms with Crippen LogP contribution >= 0.6 is 0 Å². The summed E-state index contributed by atoms with van der Waals surface area (Å²) in [6.45, 7) is 1.65. The third-order valence-electron chi connectivity index (χ3n) is 0. The van der Waals surface area contributed by atoms with Crippen molar-refractivity contribution in [3.05, 3.63) is 0 Å². The van der Waals surface area contributed by atoms with Crippen LogP contribution in [0.4, 0.5) is 0 Å². The van der Waals surface area contributed by atoms with Crippen LogP contribution in [0, 0.1) is 12.3 Å². The van der Waals surface area contributed by atoms with Gasteiger partial charge in [0.1, 0.15) is 0 Å². The summed E-state index contributed by atoms with van der Waals surface area (Å²) < 4.78 is 0. The molecule has 0 fully saturated rings. The molecule has 0 radical (unpaired) electrons. The summed E-state index contributed by atoms with van der Waals surface area (Å²) in [6, 6.07) is 0. The third-order valence-corrected chi connectivity index (χ3v) is 0. The molecule has 0 spiro atoms. The molecule has 0 saturated heterocycles. The number of terminal acetylenes is 1. The van der Waals surface area contributed by atoms with E-state index < -0.39 is 0 Å². The van der Waals surface area contributed by atoms with Crippen LogP contribution in [-0.2, 0) is 0 Å². The van der Waals surface area contributed by atoms with Gasteiger partial charge in [-0.05, 0) is 6.92 Å². The van der Waals surface area contributed by atoms with Crippen LogP contribution in [0.3, 0.4) is 0 Å². The van der Waals surface area contributed by atoms with E-state index in [4.69, 9.17) is 0 Å². The van der Waals surface area contributed by atoms with Gasteiger partial charge in [0.25, 0.3) is 0 Å². The van der Waals surface area contributed by atoms with E-state index in [2.05, 4.69) is 12.3 Å². The predicted octanol–water partition coefficient (Wildman–Crippen LogP) is 0.484. The molecule has 4 heavy (non-hydrogen) atoms. The Morgan fingerprint density at radius 2 is 2.00 bits per heavy atom. The summed E-state index contributed by atoms with van der Waals surface area (Å²) in [5.41, 5.74) is 0. The van der Waals surface area contributed by atoms with Crippen molar-refractivity contribution in [2.24, 2.45) is 0 Å². The largest absolute Gasteiger partial charge is 2.00 e. The molecule has 0 bridgehead atoms. The van der Waals surface area contributed by atoms with Gasteiger partial charge >= 0.3 is 23.1 Å². The fourth-order valence-corrected chi connectivity index (χ4v) is 0. The zero-order valence-electron chi connectivity index (χ0n) is 4.78. The first-order valence-electron chi connectivity index (χ1n) is 0.789. The first-order chi connectivity index (χ1) is 1.41. The van der Waals surface area contributed by atoms with E-state index >= 15 is 0 Å². The Kier molecular flexibility index (Phi) is 22.6. The van der Waals surface area contributed by atoms with Crippen molar-refractivity contribution >= 4 is 23.1 Å². The Morgan fingerprint density at radius 3 is 2.00 bits per heavy atom. The second-order valence-electron chi connectivity index (χ2n) is 0.289. The maximum Gasteiger partial charge on any atom is 2.00 e. The fraction of sp³-hybridized carbons (Fsp3) is 0.333. The van der Waals surface area contributed by atoms with Crippen LogP contribution in [0.15, 0.2) is 0 Å². The van der Waals surface area contributed by atoms with Crippen molar-refractivity contribution in [1.82, 2.24) is 0 Å². The van der Waals surface area contributed by atoms with E-state index in [9.17, 15) is 0 Å². The van der Waals surface area contributed by atoms with Gasteiger partial charge < -0.3 is 2.85 Å². The van der Waals surface area contributed by atoms with Gasteiger partial charge in [0, 0.05) is 0 Å². The Balaban J connectivity index is -0.00000000667. The molecule has 0 aromatic carbocycles. The van der Waals surface area contributed by atoms with E-state index in [1.165, 1.54) is 0 Å². The van der Waals surface area contributed by atoms with Crippen molar-refractivity contribution in [2.45, 2.75) is 6.92 Å². The maximum absolute atomic E-state index is 4.60. The molecule has 0 amide bonds. The van der Waals surface area contributed by atoms with Gasteiger partial charge in [-0.3, -0.25) is 0 Å². The van der Waals surface area contributed by atoms with Gasteiger partial charge in [-0.15, -0.1) is 12.3 Å². The second kappa shape index (κ2) is 10.2. The normalized spacial score (nSPS) is 2.00. The van der Waals surface area contributed by atoms with Gasteiger partial charge in [0.05, 0.1) is 0 Å². The molecule has 1 heteroatoms. The average molecular weight is 66.4 g/mol. The number of rotatable bonds is 0. The zero-order valence-corrected chi connectivity index (χ0v) is 4.20. The molecule has 0 nitrogen and oxygen atoms in total. The van der Waals surface area contributed by atoms with E-state index in [-0.39, 0.29) is 25.9 Å². The Hall–Kier alpha value is 0.326. The number of hydrogen-bond donors (Lipinski definition) is 0. The van der Waals surface area contributed by atoms with Gasteiger partial charge in [0.15, 0.2) is 0 Å². The van der Waals surface area contributed by atoms with Crippen LogP contribution in [0.2, 0.25) is 0 Å². The van der Waals surface area contributed by atoms with Crippen molar-refractivity contribution in [3.63, 3.8) is 0 Å². The first kappa shape index (κ1) is 8.85. The molecule has 0 aliphatic carbocycles. The molecule has 0 heterocycles. The molecule has 20 valence electrons. The minimum absolute atomic E-state index is 0. The molecule has 0 rings (SSSR count). The average Bonchev–Trinajstić information content (AvgIpc) is 0.918. The molecule has 0 unspecified atom stereocenters. The Morgan fingerprint density at radius 1 is 2.00 bits per heavy atom.